The third-order valence-corrected chi connectivity index (χ3v) is 6.35. The van der Waals surface area contributed by atoms with E-state index in [4.69, 9.17) is 4.98 Å². The lowest BCUT2D eigenvalue weighted by molar-refractivity contribution is 1.31. The molecule has 3 nitrogen and oxygen atoms in total. The molecule has 0 saturated carbocycles. The molecule has 4 heteroatoms. The van der Waals surface area contributed by atoms with Gasteiger partial charge >= 0.3 is 0 Å². The molecule has 0 unspecified atom stereocenters. The van der Waals surface area contributed by atoms with Crippen LogP contribution in [0.5, 0.6) is 0 Å². The number of halogens is 1. The van der Waals surface area contributed by atoms with Crippen LogP contribution in [0.25, 0.3) is 55.4 Å². The molecule has 0 spiro atoms. The molecule has 0 aliphatic carbocycles. The van der Waals surface area contributed by atoms with Crippen LogP contribution in [0.15, 0.2) is 114 Å². The number of hydrogen-bond donors (Lipinski definition) is 0. The first kappa shape index (κ1) is 19.8. The van der Waals surface area contributed by atoms with Crippen molar-refractivity contribution in [2.45, 2.75) is 0 Å². The van der Waals surface area contributed by atoms with Crippen molar-refractivity contribution in [3.63, 3.8) is 0 Å². The second-order valence-corrected chi connectivity index (χ2v) is 8.81. The summed E-state index contributed by atoms with van der Waals surface area (Å²) in [5.41, 5.74) is 7.94. The maximum atomic E-state index is 5.13. The molecule has 0 amide bonds. The van der Waals surface area contributed by atoms with Crippen molar-refractivity contribution >= 4 is 37.7 Å². The topological polar surface area (TPSA) is 38.7 Å². The molecule has 6 aromatic rings. The summed E-state index contributed by atoms with van der Waals surface area (Å²) in [5.74, 6) is 0. The van der Waals surface area contributed by atoms with Gasteiger partial charge < -0.3 is 0 Å². The van der Waals surface area contributed by atoms with E-state index in [-0.39, 0.29) is 0 Å². The third-order valence-electron chi connectivity index (χ3n) is 5.82. The van der Waals surface area contributed by atoms with Crippen LogP contribution in [0, 0.1) is 0 Å². The SMILES string of the molecule is Brc1ccc(-c2cc(-c3cccc4cccnc34)nc(-c3cccc4cccnc34)c2)cc1. The molecule has 0 N–H and O–H groups in total. The average molecular weight is 488 g/mol. The Balaban J connectivity index is 1.64. The molecule has 0 aliphatic heterocycles. The highest BCUT2D eigenvalue weighted by molar-refractivity contribution is 9.10. The van der Waals surface area contributed by atoms with Crippen LogP contribution in [0.3, 0.4) is 0 Å². The first-order valence-corrected chi connectivity index (χ1v) is 11.5. The predicted octanol–water partition coefficient (Wildman–Crippen LogP) is 7.94. The van der Waals surface area contributed by atoms with Gasteiger partial charge in [0.1, 0.15) is 0 Å². The monoisotopic (exact) mass is 487 g/mol. The molecule has 3 aromatic heterocycles. The number of rotatable bonds is 3. The minimum atomic E-state index is 0.891. The van der Waals surface area contributed by atoms with Gasteiger partial charge in [0, 0.05) is 38.8 Å². The minimum Gasteiger partial charge on any atom is -0.256 e. The number of para-hydroxylation sites is 2. The van der Waals surface area contributed by atoms with Crippen LogP contribution in [0.4, 0.5) is 0 Å². The minimum absolute atomic E-state index is 0.891. The molecular weight excluding hydrogens is 470 g/mol. The van der Waals surface area contributed by atoms with Gasteiger partial charge in [-0.1, -0.05) is 76.6 Å². The van der Waals surface area contributed by atoms with E-state index in [1.54, 1.807) is 0 Å². The maximum Gasteiger partial charge on any atom is 0.0795 e. The molecule has 33 heavy (non-hydrogen) atoms. The molecule has 0 fully saturated rings. The van der Waals surface area contributed by atoms with Crippen molar-refractivity contribution < 1.29 is 0 Å². The second-order valence-electron chi connectivity index (χ2n) is 7.89. The van der Waals surface area contributed by atoms with E-state index in [1.165, 1.54) is 0 Å². The first-order chi connectivity index (χ1) is 16.3. The van der Waals surface area contributed by atoms with Crippen LogP contribution in [-0.2, 0) is 0 Å². The van der Waals surface area contributed by atoms with Gasteiger partial charge in [-0.3, -0.25) is 9.97 Å². The molecule has 3 heterocycles. The van der Waals surface area contributed by atoms with E-state index in [2.05, 4.69) is 111 Å². The fourth-order valence-electron chi connectivity index (χ4n) is 4.24. The lowest BCUT2D eigenvalue weighted by atomic mass is 9.98. The average Bonchev–Trinajstić information content (AvgIpc) is 2.88. The van der Waals surface area contributed by atoms with E-state index in [9.17, 15) is 0 Å². The standard InChI is InChI=1S/C29H18BrN3/c30-23-13-11-19(12-14-23)22-17-26(24-9-1-5-20-7-3-15-31-28(20)24)33-27(18-22)25-10-2-6-21-8-4-16-32-29(21)25/h1-18H. The summed E-state index contributed by atoms with van der Waals surface area (Å²) < 4.78 is 1.05. The summed E-state index contributed by atoms with van der Waals surface area (Å²) in [4.78, 5) is 14.5. The first-order valence-electron chi connectivity index (χ1n) is 10.7. The van der Waals surface area contributed by atoms with Gasteiger partial charge in [-0.15, -0.1) is 0 Å². The Labute approximate surface area is 199 Å². The number of hydrogen-bond acceptors (Lipinski definition) is 3. The lowest BCUT2D eigenvalue weighted by Gasteiger charge is -2.13. The Morgan fingerprint density at radius 2 is 1.03 bits per heavy atom. The summed E-state index contributed by atoms with van der Waals surface area (Å²) in [6.07, 6.45) is 3.67. The van der Waals surface area contributed by atoms with Crippen LogP contribution >= 0.6 is 15.9 Å². The zero-order chi connectivity index (χ0) is 22.2. The van der Waals surface area contributed by atoms with Crippen molar-refractivity contribution in [2.75, 3.05) is 0 Å². The number of fused-ring (bicyclic) bond motifs is 2. The maximum absolute atomic E-state index is 5.13. The van der Waals surface area contributed by atoms with Gasteiger partial charge in [0.25, 0.3) is 0 Å². The van der Waals surface area contributed by atoms with Gasteiger partial charge in [-0.05, 0) is 47.5 Å². The Kier molecular flexibility index (Phi) is 4.93. The highest BCUT2D eigenvalue weighted by Crippen LogP contribution is 2.35. The van der Waals surface area contributed by atoms with Gasteiger partial charge in [0.2, 0.25) is 0 Å². The third kappa shape index (κ3) is 3.69. The molecule has 6 rings (SSSR count). The number of benzene rings is 3. The Hall–Kier alpha value is -3.89. The predicted molar refractivity (Wildman–Crippen MR) is 139 cm³/mol. The van der Waals surface area contributed by atoms with Gasteiger partial charge in [-0.25, -0.2) is 4.98 Å². The summed E-state index contributed by atoms with van der Waals surface area (Å²) in [6, 6.07) is 33.2. The zero-order valence-corrected chi connectivity index (χ0v) is 19.2. The quantitative estimate of drug-likeness (QED) is 0.254. The summed E-state index contributed by atoms with van der Waals surface area (Å²) in [6.45, 7) is 0. The van der Waals surface area contributed by atoms with Gasteiger partial charge in [-0.2, -0.15) is 0 Å². The molecule has 3 aromatic carbocycles. The second kappa shape index (κ2) is 8.23. The van der Waals surface area contributed by atoms with Crippen molar-refractivity contribution in [3.8, 4) is 33.6 Å². The van der Waals surface area contributed by atoms with Crippen molar-refractivity contribution in [1.29, 1.82) is 0 Å². The van der Waals surface area contributed by atoms with Crippen LogP contribution in [0.1, 0.15) is 0 Å². The summed E-state index contributed by atoms with van der Waals surface area (Å²) in [7, 11) is 0. The van der Waals surface area contributed by atoms with E-state index in [0.29, 0.717) is 0 Å². The largest absolute Gasteiger partial charge is 0.256 e. The Morgan fingerprint density at radius 1 is 0.515 bits per heavy atom. The zero-order valence-electron chi connectivity index (χ0n) is 17.6. The fraction of sp³-hybridized carbons (Fsp3) is 0. The van der Waals surface area contributed by atoms with E-state index < -0.39 is 0 Å². The highest BCUT2D eigenvalue weighted by atomic mass is 79.9. The smallest absolute Gasteiger partial charge is 0.0795 e. The molecule has 0 atom stereocenters. The number of pyridine rings is 3. The van der Waals surface area contributed by atoms with Crippen LogP contribution in [0.2, 0.25) is 0 Å². The van der Waals surface area contributed by atoms with Crippen molar-refractivity contribution in [2.24, 2.45) is 0 Å². The van der Waals surface area contributed by atoms with E-state index in [0.717, 1.165) is 59.9 Å². The van der Waals surface area contributed by atoms with Gasteiger partial charge in [0.15, 0.2) is 0 Å². The van der Waals surface area contributed by atoms with Crippen molar-refractivity contribution in [1.82, 2.24) is 15.0 Å². The van der Waals surface area contributed by atoms with E-state index >= 15 is 0 Å². The molecule has 0 aliphatic rings. The molecule has 0 bridgehead atoms. The number of aromatic nitrogens is 3. The van der Waals surface area contributed by atoms with Crippen LogP contribution in [-0.4, -0.2) is 15.0 Å². The molecular formula is C29H18BrN3. The van der Waals surface area contributed by atoms with Crippen molar-refractivity contribution in [3.05, 3.63) is 114 Å². The molecule has 0 saturated heterocycles. The Bertz CT molecular complexity index is 1520. The van der Waals surface area contributed by atoms with E-state index in [1.807, 2.05) is 24.5 Å². The highest BCUT2D eigenvalue weighted by Gasteiger charge is 2.14. The van der Waals surface area contributed by atoms with Gasteiger partial charge in [0.05, 0.1) is 22.4 Å². The Morgan fingerprint density at radius 3 is 1.58 bits per heavy atom. The fourth-order valence-corrected chi connectivity index (χ4v) is 4.50. The normalized spacial score (nSPS) is 11.2. The van der Waals surface area contributed by atoms with Crippen LogP contribution < -0.4 is 0 Å². The lowest BCUT2D eigenvalue weighted by Crippen LogP contribution is -1.94. The number of nitrogens with zero attached hydrogens (tertiary/aromatic N) is 3. The molecule has 156 valence electrons. The summed E-state index contributed by atoms with van der Waals surface area (Å²) in [5, 5.41) is 2.19. The molecule has 0 radical (unpaired) electrons. The summed E-state index contributed by atoms with van der Waals surface area (Å²) >= 11 is 3.55.